The third-order valence-electron chi connectivity index (χ3n) is 6.90. The molecule has 0 saturated heterocycles. The second kappa shape index (κ2) is 10.4. The van der Waals surface area contributed by atoms with Crippen molar-refractivity contribution in [3.05, 3.63) is 23.7 Å². The number of urea groups is 1. The molecule has 11 nitrogen and oxygen atoms in total. The summed E-state index contributed by atoms with van der Waals surface area (Å²) in [6.45, 7) is 13.7. The van der Waals surface area contributed by atoms with Crippen LogP contribution in [0.2, 0.25) is 0 Å². The third kappa shape index (κ3) is 6.29. The molecule has 0 radical (unpaired) electrons. The summed E-state index contributed by atoms with van der Waals surface area (Å²) in [6.07, 6.45) is 2.15. The van der Waals surface area contributed by atoms with Crippen LogP contribution in [0.4, 0.5) is 16.6 Å². The van der Waals surface area contributed by atoms with Gasteiger partial charge in [0, 0.05) is 23.2 Å². The van der Waals surface area contributed by atoms with Crippen LogP contribution in [0.3, 0.4) is 0 Å². The van der Waals surface area contributed by atoms with Crippen molar-refractivity contribution in [2.75, 3.05) is 10.6 Å². The van der Waals surface area contributed by atoms with Crippen molar-refractivity contribution in [1.29, 1.82) is 0 Å². The molecule has 5 rings (SSSR count). The van der Waals surface area contributed by atoms with Crippen LogP contribution in [0.15, 0.2) is 12.3 Å². The van der Waals surface area contributed by atoms with Crippen molar-refractivity contribution in [3.63, 3.8) is 0 Å². The number of pyridine rings is 1. The number of nitrogens with one attached hydrogen (secondary N) is 4. The first-order chi connectivity index (χ1) is 18.7. The third-order valence-corrected chi connectivity index (χ3v) is 7.94. The molecule has 12 heteroatoms. The standard InChI is InChI=1S/C28H40N8O3S/c1-13-18(24-33-20-17(40-24)10-11-29-19(20)14-8-9-14)23(34-25(30-13)35-27(2,3)4)31-15-12-16(22(38)21(15)37)32-26(39)36-28(5,6)7/h10-11,14-16,21-22,37-38H,8-9,12H2,1-7H3,(H2,32,36,39)(H2,30,31,34,35)/t15?,16-,21-,22+/m0/s1. The first-order valence-electron chi connectivity index (χ1n) is 13.8. The summed E-state index contributed by atoms with van der Waals surface area (Å²) < 4.78 is 1.06. The molecule has 0 bridgehead atoms. The number of carbonyl (C=O) groups is 1. The first-order valence-corrected chi connectivity index (χ1v) is 14.6. The smallest absolute Gasteiger partial charge is 0.315 e. The number of aliphatic hydroxyl groups is 2. The molecule has 40 heavy (non-hydrogen) atoms. The Bertz CT molecular complexity index is 1410. The van der Waals surface area contributed by atoms with Gasteiger partial charge in [0.25, 0.3) is 0 Å². The number of thiazole rings is 1. The Morgan fingerprint density at radius 3 is 2.35 bits per heavy atom. The van der Waals surface area contributed by atoms with E-state index in [0.717, 1.165) is 45.0 Å². The predicted molar refractivity (Wildman–Crippen MR) is 158 cm³/mol. The van der Waals surface area contributed by atoms with E-state index >= 15 is 0 Å². The minimum atomic E-state index is -1.14. The number of hydrogen-bond acceptors (Lipinski definition) is 10. The average Bonchev–Trinajstić information content (AvgIpc) is 3.52. The molecule has 2 fully saturated rings. The van der Waals surface area contributed by atoms with Crippen molar-refractivity contribution in [3.8, 4) is 10.6 Å². The van der Waals surface area contributed by atoms with Gasteiger partial charge < -0.3 is 31.5 Å². The summed E-state index contributed by atoms with van der Waals surface area (Å²) >= 11 is 1.56. The molecular formula is C28H40N8O3S. The van der Waals surface area contributed by atoms with Gasteiger partial charge in [0.15, 0.2) is 0 Å². The van der Waals surface area contributed by atoms with Crippen LogP contribution in [0.5, 0.6) is 0 Å². The maximum absolute atomic E-state index is 12.5. The lowest BCUT2D eigenvalue weighted by atomic mass is 10.1. The van der Waals surface area contributed by atoms with Gasteiger partial charge in [-0.05, 0) is 73.8 Å². The second-order valence-electron chi connectivity index (χ2n) is 13.0. The fraction of sp³-hybridized carbons (Fsp3) is 0.607. The highest BCUT2D eigenvalue weighted by molar-refractivity contribution is 7.21. The fourth-order valence-electron chi connectivity index (χ4n) is 5.00. The molecule has 0 aliphatic heterocycles. The summed E-state index contributed by atoms with van der Waals surface area (Å²) in [4.78, 5) is 31.7. The zero-order chi connectivity index (χ0) is 29.0. The summed E-state index contributed by atoms with van der Waals surface area (Å²) in [5.74, 6) is 1.42. The molecule has 1 unspecified atom stereocenters. The van der Waals surface area contributed by atoms with Gasteiger partial charge in [-0.2, -0.15) is 4.98 Å². The van der Waals surface area contributed by atoms with Crippen LogP contribution in [0.25, 0.3) is 20.8 Å². The Morgan fingerprint density at radius 1 is 1.00 bits per heavy atom. The first kappa shape index (κ1) is 28.4. The van der Waals surface area contributed by atoms with Gasteiger partial charge in [0.05, 0.1) is 33.7 Å². The van der Waals surface area contributed by atoms with Gasteiger partial charge in [0.2, 0.25) is 5.95 Å². The molecule has 3 aromatic rings. The number of aromatic nitrogens is 4. The number of aryl methyl sites for hydroxylation is 1. The minimum Gasteiger partial charge on any atom is -0.388 e. The summed E-state index contributed by atoms with van der Waals surface area (Å²) in [6, 6.07) is 0.387. The maximum Gasteiger partial charge on any atom is 0.315 e. The van der Waals surface area contributed by atoms with E-state index in [2.05, 4.69) is 26.3 Å². The number of carbonyl (C=O) groups excluding carboxylic acids is 1. The second-order valence-corrected chi connectivity index (χ2v) is 14.0. The van der Waals surface area contributed by atoms with E-state index in [9.17, 15) is 15.0 Å². The lowest BCUT2D eigenvalue weighted by Crippen LogP contribution is -2.52. The fourth-order valence-corrected chi connectivity index (χ4v) is 6.07. The van der Waals surface area contributed by atoms with E-state index in [1.807, 2.05) is 60.7 Å². The van der Waals surface area contributed by atoms with Gasteiger partial charge in [0.1, 0.15) is 28.6 Å². The van der Waals surface area contributed by atoms with Crippen molar-refractivity contribution >= 4 is 39.4 Å². The number of aliphatic hydroxyl groups excluding tert-OH is 2. The van der Waals surface area contributed by atoms with E-state index in [0.29, 0.717) is 24.1 Å². The van der Waals surface area contributed by atoms with E-state index in [1.165, 1.54) is 0 Å². The van der Waals surface area contributed by atoms with E-state index in [1.54, 1.807) is 11.3 Å². The van der Waals surface area contributed by atoms with E-state index < -0.39 is 35.9 Å². The lowest BCUT2D eigenvalue weighted by Gasteiger charge is -2.24. The van der Waals surface area contributed by atoms with E-state index in [4.69, 9.17) is 15.0 Å². The zero-order valence-electron chi connectivity index (χ0n) is 24.2. The highest BCUT2D eigenvalue weighted by Crippen LogP contribution is 2.44. The van der Waals surface area contributed by atoms with Gasteiger partial charge in [-0.3, -0.25) is 4.98 Å². The normalized spacial score (nSPS) is 23.3. The molecule has 216 valence electrons. The molecule has 0 spiro atoms. The Morgan fingerprint density at radius 2 is 1.70 bits per heavy atom. The molecule has 4 atom stereocenters. The molecule has 2 aliphatic carbocycles. The number of hydrogen-bond donors (Lipinski definition) is 6. The Balaban J connectivity index is 1.48. The number of rotatable bonds is 6. The zero-order valence-corrected chi connectivity index (χ0v) is 25.0. The molecule has 2 aliphatic rings. The minimum absolute atomic E-state index is 0.273. The van der Waals surface area contributed by atoms with Crippen LogP contribution in [0, 0.1) is 6.92 Å². The summed E-state index contributed by atoms with van der Waals surface area (Å²) in [5.41, 5.74) is 2.72. The molecule has 0 aromatic carbocycles. The Hall–Kier alpha value is -3.09. The molecule has 3 aromatic heterocycles. The number of anilines is 2. The summed E-state index contributed by atoms with van der Waals surface area (Å²) in [5, 5.41) is 34.9. The molecule has 3 heterocycles. The van der Waals surface area contributed by atoms with Crippen molar-refractivity contribution < 1.29 is 15.0 Å². The van der Waals surface area contributed by atoms with Gasteiger partial charge in [-0.1, -0.05) is 0 Å². The van der Waals surface area contributed by atoms with Gasteiger partial charge >= 0.3 is 6.03 Å². The lowest BCUT2D eigenvalue weighted by molar-refractivity contribution is 0.0280. The Kier molecular flexibility index (Phi) is 7.38. The predicted octanol–water partition coefficient (Wildman–Crippen LogP) is 3.92. The largest absolute Gasteiger partial charge is 0.388 e. The van der Waals surface area contributed by atoms with Crippen LogP contribution in [0.1, 0.15) is 78.1 Å². The van der Waals surface area contributed by atoms with Crippen molar-refractivity contribution in [2.24, 2.45) is 0 Å². The summed E-state index contributed by atoms with van der Waals surface area (Å²) in [7, 11) is 0. The average molecular weight is 569 g/mol. The highest BCUT2D eigenvalue weighted by Gasteiger charge is 2.43. The monoisotopic (exact) mass is 568 g/mol. The van der Waals surface area contributed by atoms with E-state index in [-0.39, 0.29) is 5.54 Å². The topological polar surface area (TPSA) is 157 Å². The number of nitrogens with zero attached hydrogens (tertiary/aromatic N) is 4. The highest BCUT2D eigenvalue weighted by atomic mass is 32.1. The molecule has 6 N–H and O–H groups in total. The van der Waals surface area contributed by atoms with Crippen LogP contribution < -0.4 is 21.3 Å². The number of fused-ring (bicyclic) bond motifs is 1. The maximum atomic E-state index is 12.5. The SMILES string of the molecule is Cc1nc(NC(C)(C)C)nc(NC2C[C@H](NC(=O)NC(C)(C)C)[C@@H](O)[C@H]2O)c1-c1nc2c(C3CC3)nccc2s1. The van der Waals surface area contributed by atoms with Gasteiger partial charge in [-0.25, -0.2) is 14.8 Å². The van der Waals surface area contributed by atoms with Gasteiger partial charge in [-0.15, -0.1) is 11.3 Å². The molecule has 2 amide bonds. The quantitative estimate of drug-likeness (QED) is 0.259. The van der Waals surface area contributed by atoms with Crippen LogP contribution in [-0.2, 0) is 0 Å². The van der Waals surface area contributed by atoms with Crippen molar-refractivity contribution in [1.82, 2.24) is 30.6 Å². The molecule has 2 saturated carbocycles. The van der Waals surface area contributed by atoms with Crippen molar-refractivity contribution in [2.45, 2.75) is 109 Å². The van der Waals surface area contributed by atoms with Crippen LogP contribution in [-0.4, -0.2) is 71.5 Å². The number of amides is 2. The Labute approximate surface area is 238 Å². The van der Waals surface area contributed by atoms with Crippen LogP contribution >= 0.6 is 11.3 Å². The molecular weight excluding hydrogens is 528 g/mol.